The zero-order valence-corrected chi connectivity index (χ0v) is 30.7. The van der Waals surface area contributed by atoms with Crippen LogP contribution >= 0.6 is 0 Å². The molecule has 0 saturated heterocycles. The number of fused-ring (bicyclic) bond motifs is 2. The SMILES string of the molecule is C=CC(/C=C/C=C\C(N)[C@H](CCC(C)C1=C2C=CC=CC2C(c2ccc(C/C=C\C=C/N)c3ccccc23)CC1)CNC1C=CCCC1)=C\CN. The van der Waals surface area contributed by atoms with E-state index in [-0.39, 0.29) is 6.04 Å². The minimum Gasteiger partial charge on any atom is -0.405 e. The van der Waals surface area contributed by atoms with Crippen LogP contribution in [0.1, 0.15) is 68.9 Å². The fourth-order valence-electron chi connectivity index (χ4n) is 8.19. The summed E-state index contributed by atoms with van der Waals surface area (Å²) in [6.45, 7) is 7.75. The first-order valence-corrected chi connectivity index (χ1v) is 19.2. The molecule has 0 saturated carbocycles. The number of nitrogens with two attached hydrogens (primary N) is 3. The summed E-state index contributed by atoms with van der Waals surface area (Å²) in [5.41, 5.74) is 25.2. The third-order valence-electron chi connectivity index (χ3n) is 11.1. The zero-order valence-electron chi connectivity index (χ0n) is 30.7. The first-order chi connectivity index (χ1) is 25.0. The molecule has 3 aliphatic rings. The Labute approximate surface area is 307 Å². The highest BCUT2D eigenvalue weighted by Crippen LogP contribution is 2.48. The summed E-state index contributed by atoms with van der Waals surface area (Å²) in [4.78, 5) is 0. The number of nitrogens with one attached hydrogen (secondary N) is 1. The van der Waals surface area contributed by atoms with Crippen molar-refractivity contribution in [3.05, 3.63) is 168 Å². The Kier molecular flexibility index (Phi) is 14.9. The van der Waals surface area contributed by atoms with Crippen molar-refractivity contribution in [2.24, 2.45) is 35.0 Å². The molecule has 2 aromatic carbocycles. The molecular formula is C47H60N4. The Morgan fingerprint density at radius 3 is 2.65 bits per heavy atom. The highest BCUT2D eigenvalue weighted by molar-refractivity contribution is 5.89. The van der Waals surface area contributed by atoms with Crippen LogP contribution in [0.25, 0.3) is 10.8 Å². The van der Waals surface area contributed by atoms with Gasteiger partial charge in [0.15, 0.2) is 0 Å². The first kappa shape index (κ1) is 38.0. The molecule has 0 spiro atoms. The highest BCUT2D eigenvalue weighted by atomic mass is 14.9. The van der Waals surface area contributed by atoms with Gasteiger partial charge in [-0.05, 0) is 114 Å². The van der Waals surface area contributed by atoms with E-state index >= 15 is 0 Å². The van der Waals surface area contributed by atoms with Crippen molar-refractivity contribution in [2.45, 2.75) is 76.3 Å². The minimum absolute atomic E-state index is 0.0323. The first-order valence-electron chi connectivity index (χ1n) is 19.2. The van der Waals surface area contributed by atoms with Crippen LogP contribution in [-0.4, -0.2) is 25.2 Å². The second kappa shape index (κ2) is 20.0. The maximum Gasteiger partial charge on any atom is 0.0267 e. The van der Waals surface area contributed by atoms with E-state index in [0.29, 0.717) is 36.3 Å². The summed E-state index contributed by atoms with van der Waals surface area (Å²) < 4.78 is 0. The van der Waals surface area contributed by atoms with E-state index in [2.05, 4.69) is 110 Å². The van der Waals surface area contributed by atoms with E-state index in [4.69, 9.17) is 17.2 Å². The van der Waals surface area contributed by atoms with Gasteiger partial charge < -0.3 is 22.5 Å². The van der Waals surface area contributed by atoms with E-state index in [1.807, 2.05) is 36.5 Å². The average molecular weight is 681 g/mol. The molecular weight excluding hydrogens is 621 g/mol. The van der Waals surface area contributed by atoms with Gasteiger partial charge in [0.2, 0.25) is 0 Å². The summed E-state index contributed by atoms with van der Waals surface area (Å²) in [6, 6.07) is 14.1. The molecule has 5 rings (SSSR count). The van der Waals surface area contributed by atoms with Crippen LogP contribution in [0.2, 0.25) is 0 Å². The van der Waals surface area contributed by atoms with Gasteiger partial charge in [-0.15, -0.1) is 0 Å². The predicted molar refractivity (Wildman–Crippen MR) is 221 cm³/mol. The van der Waals surface area contributed by atoms with Crippen LogP contribution in [0.5, 0.6) is 0 Å². The standard InChI is InChI=1S/C47H60N4/c1-3-36(31-33-49)16-9-14-24-47(50)38(34-51-39-18-7-4-8-19-39)26-25-35(2)40-29-30-46(44-23-13-12-21-42(40)44)45-28-27-37(17-6-5-15-32-48)41-20-10-11-22-43(41)45/h3,5-7,9-16,18,20-24,27-28,31-32,35,38-39,44,46-47,51H,1,4,8,17,19,25-26,29-30,33-34,48-50H2,2H3/b6-5-,16-9+,24-14-,32-15-,36-31+/t35?,38-,39?,44?,46?,47?/m1/s1. The normalized spacial score (nSPS) is 22.9. The van der Waals surface area contributed by atoms with Crippen molar-refractivity contribution < 1.29 is 0 Å². The molecule has 2 aromatic rings. The Balaban J connectivity index is 1.32. The van der Waals surface area contributed by atoms with Crippen molar-refractivity contribution in [3.63, 3.8) is 0 Å². The molecule has 7 N–H and O–H groups in total. The molecule has 0 heterocycles. The molecule has 51 heavy (non-hydrogen) atoms. The Bertz CT molecular complexity index is 1730. The summed E-state index contributed by atoms with van der Waals surface area (Å²) >= 11 is 0. The van der Waals surface area contributed by atoms with Crippen LogP contribution in [0.3, 0.4) is 0 Å². The molecule has 4 heteroatoms. The van der Waals surface area contributed by atoms with Gasteiger partial charge in [0.1, 0.15) is 0 Å². The predicted octanol–water partition coefficient (Wildman–Crippen LogP) is 9.57. The van der Waals surface area contributed by atoms with Gasteiger partial charge >= 0.3 is 0 Å². The van der Waals surface area contributed by atoms with Crippen LogP contribution in [0.15, 0.2) is 157 Å². The third-order valence-corrected chi connectivity index (χ3v) is 11.1. The Morgan fingerprint density at radius 2 is 1.86 bits per heavy atom. The zero-order chi connectivity index (χ0) is 35.8. The molecule has 3 aliphatic carbocycles. The fourth-order valence-corrected chi connectivity index (χ4v) is 8.19. The van der Waals surface area contributed by atoms with Crippen molar-refractivity contribution in [1.82, 2.24) is 5.32 Å². The molecule has 268 valence electrons. The monoisotopic (exact) mass is 680 g/mol. The van der Waals surface area contributed by atoms with Crippen LogP contribution in [-0.2, 0) is 6.42 Å². The lowest BCUT2D eigenvalue weighted by Crippen LogP contribution is -2.40. The van der Waals surface area contributed by atoms with Crippen LogP contribution in [0.4, 0.5) is 0 Å². The van der Waals surface area contributed by atoms with Crippen LogP contribution < -0.4 is 22.5 Å². The van der Waals surface area contributed by atoms with E-state index in [0.717, 1.165) is 44.2 Å². The molecule has 0 amide bonds. The quantitative estimate of drug-likeness (QED) is 0.0990. The Hall–Kier alpha value is -4.22. The van der Waals surface area contributed by atoms with Crippen molar-refractivity contribution in [2.75, 3.05) is 13.1 Å². The van der Waals surface area contributed by atoms with Crippen molar-refractivity contribution >= 4 is 10.8 Å². The number of rotatable bonds is 17. The minimum atomic E-state index is -0.0323. The number of allylic oxidation sites excluding steroid dienone is 15. The number of hydrogen-bond acceptors (Lipinski definition) is 4. The summed E-state index contributed by atoms with van der Waals surface area (Å²) in [6.07, 6.45) is 42.8. The van der Waals surface area contributed by atoms with E-state index in [1.165, 1.54) is 46.7 Å². The Morgan fingerprint density at radius 1 is 1.00 bits per heavy atom. The molecule has 0 aromatic heterocycles. The lowest BCUT2D eigenvalue weighted by molar-refractivity contribution is 0.354. The lowest BCUT2D eigenvalue weighted by Gasteiger charge is -2.37. The molecule has 4 nitrogen and oxygen atoms in total. The van der Waals surface area contributed by atoms with E-state index in [9.17, 15) is 0 Å². The van der Waals surface area contributed by atoms with Crippen molar-refractivity contribution in [3.8, 4) is 0 Å². The van der Waals surface area contributed by atoms with E-state index in [1.54, 1.807) is 11.8 Å². The second-order valence-corrected chi connectivity index (χ2v) is 14.3. The average Bonchev–Trinajstić information content (AvgIpc) is 3.17. The lowest BCUT2D eigenvalue weighted by atomic mass is 9.67. The highest BCUT2D eigenvalue weighted by Gasteiger charge is 2.33. The van der Waals surface area contributed by atoms with E-state index < -0.39 is 0 Å². The van der Waals surface area contributed by atoms with Gasteiger partial charge in [0.05, 0.1) is 0 Å². The molecule has 5 unspecified atom stereocenters. The number of hydrogen-bond donors (Lipinski definition) is 4. The maximum atomic E-state index is 6.91. The van der Waals surface area contributed by atoms with Gasteiger partial charge in [-0.1, -0.05) is 141 Å². The summed E-state index contributed by atoms with van der Waals surface area (Å²) in [5.74, 6) is 1.70. The smallest absolute Gasteiger partial charge is 0.0267 e. The fraction of sp³-hybridized carbons (Fsp3) is 0.362. The third kappa shape index (κ3) is 10.4. The topological polar surface area (TPSA) is 90.1 Å². The van der Waals surface area contributed by atoms with Crippen LogP contribution in [0, 0.1) is 17.8 Å². The molecule has 0 radical (unpaired) electrons. The molecule has 6 atom stereocenters. The number of benzene rings is 2. The van der Waals surface area contributed by atoms with Gasteiger partial charge in [-0.2, -0.15) is 0 Å². The largest absolute Gasteiger partial charge is 0.405 e. The van der Waals surface area contributed by atoms with Gasteiger partial charge in [-0.3, -0.25) is 0 Å². The molecule has 0 bridgehead atoms. The van der Waals surface area contributed by atoms with Crippen molar-refractivity contribution in [1.29, 1.82) is 0 Å². The van der Waals surface area contributed by atoms with Gasteiger partial charge in [0, 0.05) is 31.1 Å². The summed E-state index contributed by atoms with van der Waals surface area (Å²) in [7, 11) is 0. The summed E-state index contributed by atoms with van der Waals surface area (Å²) in [5, 5.41) is 6.59. The van der Waals surface area contributed by atoms with Gasteiger partial charge in [-0.25, -0.2) is 0 Å². The maximum absolute atomic E-state index is 6.91. The van der Waals surface area contributed by atoms with Gasteiger partial charge in [0.25, 0.3) is 0 Å². The molecule has 0 aliphatic heterocycles. The second-order valence-electron chi connectivity index (χ2n) is 14.3. The molecule has 0 fully saturated rings.